The van der Waals surface area contributed by atoms with E-state index in [1.807, 2.05) is 56.4 Å². The maximum absolute atomic E-state index is 13.6. The van der Waals surface area contributed by atoms with Crippen molar-refractivity contribution >= 4 is 41.2 Å². The minimum Gasteiger partial charge on any atom is -0.481 e. The van der Waals surface area contributed by atoms with Crippen LogP contribution >= 0.6 is 0 Å². The van der Waals surface area contributed by atoms with Crippen LogP contribution in [0.4, 0.5) is 0 Å². The zero-order chi connectivity index (χ0) is 21.4. The molecule has 0 amide bonds. The number of carboxylic acids is 1. The van der Waals surface area contributed by atoms with E-state index in [0.29, 0.717) is 18.4 Å². The number of aryl methyl sites for hydroxylation is 1. The predicted octanol–water partition coefficient (Wildman–Crippen LogP) is 3.25. The molecule has 0 aliphatic carbocycles. The number of H-pyrrole nitrogens is 1. The summed E-state index contributed by atoms with van der Waals surface area (Å²) in [5.41, 5.74) is 4.90. The molecule has 4 rings (SSSR count). The summed E-state index contributed by atoms with van der Waals surface area (Å²) in [4.78, 5) is 28.3. The highest BCUT2D eigenvalue weighted by molar-refractivity contribution is 6.39. The molecule has 6 nitrogen and oxygen atoms in total. The van der Waals surface area contributed by atoms with E-state index in [1.165, 1.54) is 0 Å². The van der Waals surface area contributed by atoms with E-state index in [-0.39, 0.29) is 12.1 Å². The molecule has 2 radical (unpaired) electrons. The number of carboxylic acid groups (broad SMARTS) is 1. The van der Waals surface area contributed by atoms with Crippen molar-refractivity contribution in [2.45, 2.75) is 45.7 Å². The van der Waals surface area contributed by atoms with E-state index < -0.39 is 12.0 Å². The van der Waals surface area contributed by atoms with Crippen molar-refractivity contribution in [3.63, 3.8) is 0 Å². The van der Waals surface area contributed by atoms with Crippen LogP contribution in [-0.4, -0.2) is 33.0 Å². The molecule has 1 unspecified atom stereocenters. The second-order valence-electron chi connectivity index (χ2n) is 7.81. The summed E-state index contributed by atoms with van der Waals surface area (Å²) in [7, 11) is 6.21. The SMILES string of the molecule is [B]c1cccc2[nH]cc(Cn3c(=O)n(C(CCC)CC(=O)O)c4cccc(C)c43)c12. The third-order valence-corrected chi connectivity index (χ3v) is 5.73. The zero-order valence-corrected chi connectivity index (χ0v) is 17.2. The summed E-state index contributed by atoms with van der Waals surface area (Å²) in [5.74, 6) is -0.904. The van der Waals surface area contributed by atoms with Crippen LogP contribution in [0.5, 0.6) is 0 Å². The summed E-state index contributed by atoms with van der Waals surface area (Å²) in [6.07, 6.45) is 3.22. The Morgan fingerprint density at radius 1 is 1.23 bits per heavy atom. The Hall–Kier alpha value is -3.22. The fraction of sp³-hybridized carbons (Fsp3) is 0.304. The topological polar surface area (TPSA) is 80.0 Å². The maximum atomic E-state index is 13.6. The lowest BCUT2D eigenvalue weighted by Crippen LogP contribution is -2.29. The molecule has 4 aromatic rings. The smallest absolute Gasteiger partial charge is 0.329 e. The van der Waals surface area contributed by atoms with Crippen molar-refractivity contribution < 1.29 is 9.90 Å². The summed E-state index contributed by atoms with van der Waals surface area (Å²) in [6.45, 7) is 4.32. The second-order valence-corrected chi connectivity index (χ2v) is 7.81. The van der Waals surface area contributed by atoms with Gasteiger partial charge in [0.25, 0.3) is 0 Å². The number of aromatic amines is 1. The number of fused-ring (bicyclic) bond motifs is 2. The molecule has 7 heteroatoms. The van der Waals surface area contributed by atoms with Crippen LogP contribution in [0.2, 0.25) is 0 Å². The van der Waals surface area contributed by atoms with Gasteiger partial charge in [-0.05, 0) is 42.0 Å². The molecule has 0 fully saturated rings. The van der Waals surface area contributed by atoms with Crippen LogP contribution in [0, 0.1) is 6.92 Å². The lowest BCUT2D eigenvalue weighted by atomic mass is 9.91. The first-order chi connectivity index (χ1) is 14.4. The van der Waals surface area contributed by atoms with Gasteiger partial charge in [0.05, 0.1) is 24.0 Å². The molecule has 1 atom stereocenters. The van der Waals surface area contributed by atoms with Gasteiger partial charge < -0.3 is 10.1 Å². The van der Waals surface area contributed by atoms with Crippen molar-refractivity contribution in [3.05, 3.63) is 64.2 Å². The van der Waals surface area contributed by atoms with Crippen molar-refractivity contribution in [1.29, 1.82) is 0 Å². The number of para-hydroxylation sites is 1. The number of aromatic nitrogens is 3. The minimum absolute atomic E-state index is 0.0825. The Kier molecular flexibility index (Phi) is 5.28. The van der Waals surface area contributed by atoms with Gasteiger partial charge in [0.1, 0.15) is 7.85 Å². The first-order valence-corrected chi connectivity index (χ1v) is 10.2. The number of carbonyl (C=O) groups is 1. The summed E-state index contributed by atoms with van der Waals surface area (Å²) >= 11 is 0. The normalized spacial score (nSPS) is 12.6. The largest absolute Gasteiger partial charge is 0.481 e. The average molecular weight is 401 g/mol. The summed E-state index contributed by atoms with van der Waals surface area (Å²) < 4.78 is 3.41. The lowest BCUT2D eigenvalue weighted by Gasteiger charge is -2.16. The fourth-order valence-corrected chi connectivity index (χ4v) is 4.46. The molecule has 2 heterocycles. The van der Waals surface area contributed by atoms with E-state index in [9.17, 15) is 14.7 Å². The quantitative estimate of drug-likeness (QED) is 0.467. The van der Waals surface area contributed by atoms with Gasteiger partial charge in [-0.2, -0.15) is 0 Å². The van der Waals surface area contributed by atoms with Crippen LogP contribution in [0.3, 0.4) is 0 Å². The molecule has 2 aromatic carbocycles. The van der Waals surface area contributed by atoms with Crippen molar-refractivity contribution in [2.24, 2.45) is 0 Å². The van der Waals surface area contributed by atoms with Crippen LogP contribution < -0.4 is 11.2 Å². The van der Waals surface area contributed by atoms with Crippen molar-refractivity contribution in [3.8, 4) is 0 Å². The van der Waals surface area contributed by atoms with Crippen LogP contribution in [0.25, 0.3) is 21.9 Å². The number of imidazole rings is 1. The number of aliphatic carboxylic acids is 1. The molecule has 0 bridgehead atoms. The van der Waals surface area contributed by atoms with Gasteiger partial charge in [-0.3, -0.25) is 13.9 Å². The Labute approximate surface area is 175 Å². The van der Waals surface area contributed by atoms with E-state index in [4.69, 9.17) is 7.85 Å². The van der Waals surface area contributed by atoms with Gasteiger partial charge in [0.2, 0.25) is 0 Å². The van der Waals surface area contributed by atoms with Gasteiger partial charge in [-0.15, -0.1) is 0 Å². The van der Waals surface area contributed by atoms with Crippen LogP contribution in [-0.2, 0) is 11.3 Å². The zero-order valence-electron chi connectivity index (χ0n) is 17.2. The molecule has 0 spiro atoms. The van der Waals surface area contributed by atoms with Crippen molar-refractivity contribution in [2.75, 3.05) is 0 Å². The van der Waals surface area contributed by atoms with E-state index in [0.717, 1.165) is 39.5 Å². The standard InChI is InChI=1S/C23H24BN3O3/c1-3-6-16(11-20(28)29)27-19-10-4-7-14(2)22(19)26(23(27)30)13-15-12-25-18-9-5-8-17(24)21(15)18/h4-5,7-10,12,16,25H,3,6,11,13H2,1-2H3,(H,28,29). The Bertz CT molecular complexity index is 1300. The lowest BCUT2D eigenvalue weighted by molar-refractivity contribution is -0.137. The van der Waals surface area contributed by atoms with Gasteiger partial charge >= 0.3 is 11.7 Å². The minimum atomic E-state index is -0.904. The molecule has 2 aromatic heterocycles. The van der Waals surface area contributed by atoms with E-state index >= 15 is 0 Å². The molecule has 0 aliphatic heterocycles. The van der Waals surface area contributed by atoms with E-state index in [2.05, 4.69) is 4.98 Å². The first kappa shape index (κ1) is 20.1. The molecular formula is C23H24BN3O3. The van der Waals surface area contributed by atoms with Crippen LogP contribution in [0.15, 0.2) is 47.4 Å². The number of hydrogen-bond acceptors (Lipinski definition) is 2. The number of rotatable bonds is 7. The molecule has 0 saturated heterocycles. The Balaban J connectivity index is 1.93. The highest BCUT2D eigenvalue weighted by Crippen LogP contribution is 2.26. The monoisotopic (exact) mass is 401 g/mol. The van der Waals surface area contributed by atoms with Gasteiger partial charge in [0, 0.05) is 17.8 Å². The third kappa shape index (κ3) is 3.34. The van der Waals surface area contributed by atoms with Gasteiger partial charge in [0.15, 0.2) is 0 Å². The molecule has 0 aliphatic rings. The Morgan fingerprint density at radius 3 is 2.73 bits per heavy atom. The fourth-order valence-electron chi connectivity index (χ4n) is 4.46. The third-order valence-electron chi connectivity index (χ3n) is 5.73. The number of hydrogen-bond donors (Lipinski definition) is 2. The first-order valence-electron chi connectivity index (χ1n) is 10.2. The molecule has 30 heavy (non-hydrogen) atoms. The average Bonchev–Trinajstić information content (AvgIpc) is 3.22. The highest BCUT2D eigenvalue weighted by Gasteiger charge is 2.23. The molecule has 0 saturated carbocycles. The summed E-state index contributed by atoms with van der Waals surface area (Å²) in [6, 6.07) is 11.1. The molecular weight excluding hydrogens is 377 g/mol. The second kappa shape index (κ2) is 7.90. The maximum Gasteiger partial charge on any atom is 0.329 e. The highest BCUT2D eigenvalue weighted by atomic mass is 16.4. The summed E-state index contributed by atoms with van der Waals surface area (Å²) in [5, 5.41) is 10.3. The van der Waals surface area contributed by atoms with Gasteiger partial charge in [-0.1, -0.05) is 43.1 Å². The van der Waals surface area contributed by atoms with Crippen LogP contribution in [0.1, 0.15) is 43.4 Å². The van der Waals surface area contributed by atoms with E-state index in [1.54, 1.807) is 9.13 Å². The number of nitrogens with zero attached hydrogens (tertiary/aromatic N) is 2. The van der Waals surface area contributed by atoms with Gasteiger partial charge in [-0.25, -0.2) is 4.79 Å². The molecule has 152 valence electrons. The van der Waals surface area contributed by atoms with Crippen molar-refractivity contribution in [1.82, 2.24) is 14.1 Å². The predicted molar refractivity (Wildman–Crippen MR) is 120 cm³/mol. The number of nitrogens with one attached hydrogen (secondary N) is 1. The number of benzene rings is 2. The Morgan fingerprint density at radius 2 is 2.00 bits per heavy atom. The molecule has 2 N–H and O–H groups in total.